The molecule has 3 heterocycles. The summed E-state index contributed by atoms with van der Waals surface area (Å²) in [4.78, 5) is 15.5. The maximum Gasteiger partial charge on any atom is 0.307 e. The van der Waals surface area contributed by atoms with Crippen molar-refractivity contribution in [2.24, 2.45) is 10.1 Å². The standard InChI is InChI=1S/C16H12ClN3O2S/c17-11-5-3-10(4-6-11)12-8-13(14-2-1-7-22-14)20(19-12)15-9-23-16(21)18-15/h1-7,13H,8-9H2/t13-/m1/s1. The van der Waals surface area contributed by atoms with E-state index in [9.17, 15) is 4.79 Å². The van der Waals surface area contributed by atoms with Gasteiger partial charge in [-0.2, -0.15) is 10.1 Å². The van der Waals surface area contributed by atoms with Gasteiger partial charge < -0.3 is 4.42 Å². The first-order valence-corrected chi connectivity index (χ1v) is 8.47. The number of furan rings is 1. The summed E-state index contributed by atoms with van der Waals surface area (Å²) in [6, 6.07) is 11.3. The molecule has 0 N–H and O–H groups in total. The fourth-order valence-electron chi connectivity index (χ4n) is 2.68. The highest BCUT2D eigenvalue weighted by atomic mass is 35.5. The Labute approximate surface area is 142 Å². The second kappa shape index (κ2) is 5.86. The van der Waals surface area contributed by atoms with Crippen molar-refractivity contribution in [3.8, 4) is 0 Å². The highest BCUT2D eigenvalue weighted by Crippen LogP contribution is 2.35. The monoisotopic (exact) mass is 345 g/mol. The summed E-state index contributed by atoms with van der Waals surface area (Å²) in [6.45, 7) is 0. The topological polar surface area (TPSA) is 58.2 Å². The Kier molecular flexibility index (Phi) is 3.71. The van der Waals surface area contributed by atoms with Crippen LogP contribution in [0.15, 0.2) is 57.2 Å². The third-order valence-electron chi connectivity index (χ3n) is 3.77. The fraction of sp³-hybridized carbons (Fsp3) is 0.188. The van der Waals surface area contributed by atoms with Gasteiger partial charge in [-0.05, 0) is 29.8 Å². The van der Waals surface area contributed by atoms with Crippen LogP contribution in [0.1, 0.15) is 23.8 Å². The lowest BCUT2D eigenvalue weighted by Gasteiger charge is -2.20. The van der Waals surface area contributed by atoms with Gasteiger partial charge >= 0.3 is 5.24 Å². The lowest BCUT2D eigenvalue weighted by molar-refractivity contribution is 0.267. The molecule has 23 heavy (non-hydrogen) atoms. The average molecular weight is 346 g/mol. The van der Waals surface area contributed by atoms with Crippen LogP contribution < -0.4 is 0 Å². The maximum atomic E-state index is 11.5. The Hall–Kier alpha value is -2.05. The van der Waals surface area contributed by atoms with Gasteiger partial charge in [0, 0.05) is 11.4 Å². The van der Waals surface area contributed by atoms with Crippen molar-refractivity contribution in [2.75, 3.05) is 5.75 Å². The van der Waals surface area contributed by atoms with Gasteiger partial charge in [0.1, 0.15) is 17.6 Å². The van der Waals surface area contributed by atoms with Gasteiger partial charge in [-0.25, -0.2) is 5.01 Å². The highest BCUT2D eigenvalue weighted by molar-refractivity contribution is 8.14. The molecule has 116 valence electrons. The molecule has 2 aliphatic heterocycles. The first-order valence-electron chi connectivity index (χ1n) is 7.11. The van der Waals surface area contributed by atoms with E-state index in [1.165, 1.54) is 11.8 Å². The number of amides is 1. The molecule has 4 rings (SSSR count). The SMILES string of the molecule is O=C1N=C(N2N=C(c3ccc(Cl)cc3)C[C@@H]2c2ccco2)CS1. The molecule has 0 fully saturated rings. The van der Waals surface area contributed by atoms with E-state index in [1.807, 2.05) is 36.4 Å². The normalized spacial score (nSPS) is 20.8. The number of amidine groups is 1. The van der Waals surface area contributed by atoms with Gasteiger partial charge in [0.15, 0.2) is 0 Å². The van der Waals surface area contributed by atoms with Gasteiger partial charge in [0.2, 0.25) is 0 Å². The van der Waals surface area contributed by atoms with E-state index in [4.69, 9.17) is 21.1 Å². The Morgan fingerprint density at radius 1 is 1.26 bits per heavy atom. The van der Waals surface area contributed by atoms with E-state index in [0.29, 0.717) is 23.0 Å². The number of halogens is 1. The number of thioether (sulfide) groups is 1. The van der Waals surface area contributed by atoms with Gasteiger partial charge in [0.05, 0.1) is 17.7 Å². The zero-order chi connectivity index (χ0) is 15.8. The van der Waals surface area contributed by atoms with Crippen molar-refractivity contribution in [1.29, 1.82) is 0 Å². The van der Waals surface area contributed by atoms with Gasteiger partial charge in [-0.3, -0.25) is 4.79 Å². The Morgan fingerprint density at radius 2 is 2.09 bits per heavy atom. The maximum absolute atomic E-state index is 11.5. The number of aliphatic imine (C=N–C) groups is 1. The molecule has 2 aliphatic rings. The van der Waals surface area contributed by atoms with E-state index in [1.54, 1.807) is 11.3 Å². The third-order valence-corrected chi connectivity index (χ3v) is 4.76. The van der Waals surface area contributed by atoms with Crippen molar-refractivity contribution in [3.05, 3.63) is 59.0 Å². The Morgan fingerprint density at radius 3 is 2.74 bits per heavy atom. The molecule has 1 atom stereocenters. The summed E-state index contributed by atoms with van der Waals surface area (Å²) in [7, 11) is 0. The number of rotatable bonds is 2. The smallest absolute Gasteiger partial charge is 0.307 e. The first kappa shape index (κ1) is 14.5. The quantitative estimate of drug-likeness (QED) is 0.812. The van der Waals surface area contributed by atoms with Gasteiger partial charge in [0.25, 0.3) is 0 Å². The Bertz CT molecular complexity index is 799. The van der Waals surface area contributed by atoms with Crippen LogP contribution in [0.3, 0.4) is 0 Å². The number of benzene rings is 1. The number of nitrogens with zero attached hydrogens (tertiary/aromatic N) is 3. The molecule has 0 spiro atoms. The molecule has 0 saturated heterocycles. The second-order valence-electron chi connectivity index (χ2n) is 5.22. The molecule has 1 aromatic carbocycles. The molecule has 0 aliphatic carbocycles. The summed E-state index contributed by atoms with van der Waals surface area (Å²) < 4.78 is 5.55. The van der Waals surface area contributed by atoms with E-state index in [0.717, 1.165) is 17.0 Å². The zero-order valence-electron chi connectivity index (χ0n) is 12.0. The van der Waals surface area contributed by atoms with Crippen LogP contribution >= 0.6 is 23.4 Å². The second-order valence-corrected chi connectivity index (χ2v) is 6.58. The predicted octanol–water partition coefficient (Wildman–Crippen LogP) is 4.35. The van der Waals surface area contributed by atoms with Crippen molar-refractivity contribution in [2.45, 2.75) is 12.5 Å². The molecule has 1 aromatic heterocycles. The minimum absolute atomic E-state index is 0.0825. The van der Waals surface area contributed by atoms with Crippen molar-refractivity contribution < 1.29 is 9.21 Å². The van der Waals surface area contributed by atoms with Crippen LogP contribution in [0, 0.1) is 0 Å². The van der Waals surface area contributed by atoms with Crippen LogP contribution in [0.25, 0.3) is 0 Å². The molecule has 0 unspecified atom stereocenters. The average Bonchev–Trinajstić information content (AvgIpc) is 3.27. The lowest BCUT2D eigenvalue weighted by Crippen LogP contribution is -2.27. The van der Waals surface area contributed by atoms with Crippen LogP contribution in [-0.2, 0) is 0 Å². The van der Waals surface area contributed by atoms with E-state index in [-0.39, 0.29) is 11.3 Å². The molecule has 7 heteroatoms. The van der Waals surface area contributed by atoms with E-state index >= 15 is 0 Å². The fourth-order valence-corrected chi connectivity index (χ4v) is 3.43. The summed E-state index contributed by atoms with van der Waals surface area (Å²) in [6.07, 6.45) is 2.33. The van der Waals surface area contributed by atoms with Gasteiger partial charge in [-0.15, -0.1) is 0 Å². The van der Waals surface area contributed by atoms with Gasteiger partial charge in [-0.1, -0.05) is 35.5 Å². The summed E-state index contributed by atoms with van der Waals surface area (Å²) in [5.41, 5.74) is 1.93. The zero-order valence-corrected chi connectivity index (χ0v) is 13.5. The number of hydrogen-bond acceptors (Lipinski definition) is 5. The number of hydrazone groups is 1. The van der Waals surface area contributed by atoms with Crippen LogP contribution in [0.5, 0.6) is 0 Å². The Balaban J connectivity index is 1.70. The lowest BCUT2D eigenvalue weighted by atomic mass is 10.0. The predicted molar refractivity (Wildman–Crippen MR) is 91.2 cm³/mol. The summed E-state index contributed by atoms with van der Waals surface area (Å²) >= 11 is 7.14. The largest absolute Gasteiger partial charge is 0.467 e. The van der Waals surface area contributed by atoms with Crippen LogP contribution in [0.2, 0.25) is 5.02 Å². The molecular formula is C16H12ClN3O2S. The molecular weight excluding hydrogens is 334 g/mol. The minimum Gasteiger partial charge on any atom is -0.467 e. The van der Waals surface area contributed by atoms with Crippen molar-refractivity contribution in [1.82, 2.24) is 5.01 Å². The van der Waals surface area contributed by atoms with E-state index in [2.05, 4.69) is 4.99 Å². The van der Waals surface area contributed by atoms with Crippen molar-refractivity contribution in [3.63, 3.8) is 0 Å². The van der Waals surface area contributed by atoms with Crippen molar-refractivity contribution >= 4 is 40.1 Å². The van der Waals surface area contributed by atoms with E-state index < -0.39 is 0 Å². The third kappa shape index (κ3) is 2.80. The van der Waals surface area contributed by atoms with Crippen LogP contribution in [0.4, 0.5) is 4.79 Å². The van der Waals surface area contributed by atoms with Crippen LogP contribution in [-0.4, -0.2) is 27.5 Å². The molecule has 5 nitrogen and oxygen atoms in total. The minimum atomic E-state index is -0.173. The summed E-state index contributed by atoms with van der Waals surface area (Å²) in [5.74, 6) is 2.02. The number of hydrogen-bond donors (Lipinski definition) is 0. The highest BCUT2D eigenvalue weighted by Gasteiger charge is 2.35. The molecule has 0 radical (unpaired) electrons. The summed E-state index contributed by atoms with van der Waals surface area (Å²) in [5, 5.41) is 7.01. The number of carbonyl (C=O) groups is 1. The molecule has 2 aromatic rings. The molecule has 1 amide bonds. The molecule has 0 saturated carbocycles. The molecule has 0 bridgehead atoms. The first-order chi connectivity index (χ1) is 11.2. The number of carbonyl (C=O) groups excluding carboxylic acids is 1.